The number of nitrogens with one attached hydrogen (secondary N) is 1. The van der Waals surface area contributed by atoms with Gasteiger partial charge in [0, 0.05) is 18.8 Å². The number of carbonyl (C=O) groups excluding carboxylic acids is 3. The Balaban J connectivity index is 1.72. The molecule has 7 nitrogen and oxygen atoms in total. The van der Waals surface area contributed by atoms with Gasteiger partial charge in [0.15, 0.2) is 0 Å². The van der Waals surface area contributed by atoms with Crippen LogP contribution in [0, 0.1) is 5.92 Å². The summed E-state index contributed by atoms with van der Waals surface area (Å²) in [6.45, 7) is 0.609. The third-order valence-corrected chi connectivity index (χ3v) is 5.50. The summed E-state index contributed by atoms with van der Waals surface area (Å²) in [6, 6.07) is 3.17. The maximum absolute atomic E-state index is 12.8. The van der Waals surface area contributed by atoms with Gasteiger partial charge in [-0.15, -0.1) is 0 Å². The number of aromatic nitrogens is 1. The first-order valence-electron chi connectivity index (χ1n) is 9.44. The zero-order chi connectivity index (χ0) is 18.5. The van der Waals surface area contributed by atoms with Gasteiger partial charge in [-0.1, -0.05) is 19.3 Å². The van der Waals surface area contributed by atoms with Crippen molar-refractivity contribution in [1.82, 2.24) is 9.88 Å². The number of primary amides is 1. The highest BCUT2D eigenvalue weighted by molar-refractivity contribution is 6.39. The van der Waals surface area contributed by atoms with Crippen LogP contribution in [0.15, 0.2) is 18.3 Å². The molecule has 2 heterocycles. The summed E-state index contributed by atoms with van der Waals surface area (Å²) in [5.74, 6) is -1.48. The lowest BCUT2D eigenvalue weighted by Gasteiger charge is -2.41. The van der Waals surface area contributed by atoms with Gasteiger partial charge in [-0.05, 0) is 50.2 Å². The molecule has 2 aliphatic rings. The fraction of sp³-hybridized carbons (Fsp3) is 0.579. The molecule has 1 unspecified atom stereocenters. The molecular weight excluding hydrogens is 332 g/mol. The van der Waals surface area contributed by atoms with Crippen molar-refractivity contribution in [1.29, 1.82) is 0 Å². The number of nitrogens with zero attached hydrogens (tertiary/aromatic N) is 2. The minimum atomic E-state index is -0.756. The summed E-state index contributed by atoms with van der Waals surface area (Å²) >= 11 is 0. The fourth-order valence-electron chi connectivity index (χ4n) is 4.21. The number of rotatable bonds is 3. The van der Waals surface area contributed by atoms with Crippen LogP contribution in [-0.2, 0) is 9.59 Å². The van der Waals surface area contributed by atoms with Crippen molar-refractivity contribution < 1.29 is 14.4 Å². The molecule has 1 aromatic rings. The number of pyridine rings is 1. The van der Waals surface area contributed by atoms with Crippen molar-refractivity contribution in [3.63, 3.8) is 0 Å². The predicted molar refractivity (Wildman–Crippen MR) is 97.3 cm³/mol. The third kappa shape index (κ3) is 4.03. The van der Waals surface area contributed by atoms with E-state index in [4.69, 9.17) is 5.73 Å². The summed E-state index contributed by atoms with van der Waals surface area (Å²) < 4.78 is 0. The molecule has 7 heteroatoms. The van der Waals surface area contributed by atoms with E-state index in [9.17, 15) is 14.4 Å². The fourth-order valence-corrected chi connectivity index (χ4v) is 4.21. The average Bonchev–Trinajstić information content (AvgIpc) is 2.68. The molecule has 0 radical (unpaired) electrons. The summed E-state index contributed by atoms with van der Waals surface area (Å²) in [7, 11) is 0. The van der Waals surface area contributed by atoms with E-state index >= 15 is 0 Å². The highest BCUT2D eigenvalue weighted by Gasteiger charge is 2.36. The van der Waals surface area contributed by atoms with Crippen LogP contribution in [0.4, 0.5) is 5.82 Å². The molecular formula is C19H26N4O3. The van der Waals surface area contributed by atoms with Crippen LogP contribution in [0.5, 0.6) is 0 Å². The normalized spacial score (nSPS) is 21.2. The lowest BCUT2D eigenvalue weighted by molar-refractivity contribution is -0.147. The number of hydrogen-bond acceptors (Lipinski definition) is 4. The Hall–Kier alpha value is -2.44. The van der Waals surface area contributed by atoms with Crippen LogP contribution in [0.3, 0.4) is 0 Å². The molecule has 26 heavy (non-hydrogen) atoms. The van der Waals surface area contributed by atoms with Crippen molar-refractivity contribution in [2.45, 2.75) is 57.4 Å². The van der Waals surface area contributed by atoms with E-state index in [1.165, 1.54) is 31.5 Å². The molecule has 1 aliphatic heterocycles. The summed E-state index contributed by atoms with van der Waals surface area (Å²) in [4.78, 5) is 42.5. The van der Waals surface area contributed by atoms with Crippen LogP contribution < -0.4 is 11.1 Å². The highest BCUT2D eigenvalue weighted by Crippen LogP contribution is 2.33. The Morgan fingerprint density at radius 2 is 1.81 bits per heavy atom. The number of nitrogens with two attached hydrogens (primary N) is 1. The Kier molecular flexibility index (Phi) is 5.85. The number of likely N-dealkylation sites (tertiary alicyclic amines) is 1. The molecule has 3 amide bonds. The van der Waals surface area contributed by atoms with E-state index in [1.807, 2.05) is 0 Å². The van der Waals surface area contributed by atoms with Crippen LogP contribution in [0.2, 0.25) is 0 Å². The van der Waals surface area contributed by atoms with Gasteiger partial charge < -0.3 is 16.0 Å². The second kappa shape index (κ2) is 8.29. The zero-order valence-corrected chi connectivity index (χ0v) is 14.9. The first-order valence-corrected chi connectivity index (χ1v) is 9.44. The van der Waals surface area contributed by atoms with Crippen LogP contribution in [0.25, 0.3) is 0 Å². The van der Waals surface area contributed by atoms with Crippen molar-refractivity contribution in [2.24, 2.45) is 11.7 Å². The zero-order valence-electron chi connectivity index (χ0n) is 14.9. The first kappa shape index (κ1) is 18.4. The Labute approximate surface area is 153 Å². The van der Waals surface area contributed by atoms with Gasteiger partial charge in [0.1, 0.15) is 5.82 Å². The molecule has 140 valence electrons. The molecule has 1 atom stereocenters. The van der Waals surface area contributed by atoms with E-state index in [0.29, 0.717) is 12.5 Å². The Morgan fingerprint density at radius 3 is 2.54 bits per heavy atom. The van der Waals surface area contributed by atoms with Crippen LogP contribution in [-0.4, -0.2) is 40.2 Å². The third-order valence-electron chi connectivity index (χ3n) is 5.50. The van der Waals surface area contributed by atoms with E-state index < -0.39 is 17.7 Å². The molecule has 2 fully saturated rings. The monoisotopic (exact) mass is 358 g/mol. The first-order chi connectivity index (χ1) is 12.6. The van der Waals surface area contributed by atoms with Gasteiger partial charge in [0.05, 0.1) is 5.56 Å². The number of anilines is 1. The molecule has 3 N–H and O–H groups in total. The van der Waals surface area contributed by atoms with Crippen LogP contribution >= 0.6 is 0 Å². The van der Waals surface area contributed by atoms with Gasteiger partial charge in [0.2, 0.25) is 0 Å². The number of amides is 3. The second-order valence-electron chi connectivity index (χ2n) is 7.18. The van der Waals surface area contributed by atoms with Gasteiger partial charge in [-0.3, -0.25) is 14.4 Å². The van der Waals surface area contributed by atoms with Crippen LogP contribution in [0.1, 0.15) is 61.7 Å². The summed E-state index contributed by atoms with van der Waals surface area (Å²) in [6.07, 6.45) is 10.3. The molecule has 0 aromatic carbocycles. The second-order valence-corrected chi connectivity index (χ2v) is 7.18. The number of hydrogen-bond donors (Lipinski definition) is 2. The van der Waals surface area contributed by atoms with Gasteiger partial charge >= 0.3 is 11.8 Å². The smallest absolute Gasteiger partial charge is 0.315 e. The SMILES string of the molecule is NC(=O)c1cccnc1NC(=O)C(=O)N1CCCCC1C1CCCCC1. The van der Waals surface area contributed by atoms with Crippen molar-refractivity contribution in [3.05, 3.63) is 23.9 Å². The van der Waals surface area contributed by atoms with E-state index in [-0.39, 0.29) is 17.4 Å². The van der Waals surface area contributed by atoms with Crippen molar-refractivity contribution >= 4 is 23.5 Å². The largest absolute Gasteiger partial charge is 0.365 e. The quantitative estimate of drug-likeness (QED) is 0.807. The molecule has 1 aliphatic carbocycles. The molecule has 1 saturated heterocycles. The Bertz CT molecular complexity index is 685. The predicted octanol–water partition coefficient (Wildman–Crippen LogP) is 2.08. The standard InChI is InChI=1S/C19H26N4O3/c20-16(24)14-9-6-11-21-17(14)22-18(25)19(26)23-12-5-4-10-15(23)13-7-2-1-3-8-13/h6,9,11,13,15H,1-5,7-8,10,12H2,(H2,20,24)(H,21,22,25). The van der Waals surface area contributed by atoms with Crippen molar-refractivity contribution in [3.8, 4) is 0 Å². The van der Waals surface area contributed by atoms with Gasteiger partial charge in [-0.25, -0.2) is 4.98 Å². The van der Waals surface area contributed by atoms with Gasteiger partial charge in [-0.2, -0.15) is 0 Å². The maximum atomic E-state index is 12.8. The summed E-state index contributed by atoms with van der Waals surface area (Å²) in [5, 5.41) is 2.47. The number of piperidine rings is 1. The average molecular weight is 358 g/mol. The minimum absolute atomic E-state index is 0.0320. The molecule has 1 saturated carbocycles. The molecule has 0 spiro atoms. The molecule has 3 rings (SSSR count). The molecule has 0 bridgehead atoms. The Morgan fingerprint density at radius 1 is 1.08 bits per heavy atom. The number of carbonyl (C=O) groups is 3. The van der Waals surface area contributed by atoms with Gasteiger partial charge in [0.25, 0.3) is 5.91 Å². The van der Waals surface area contributed by atoms with Crippen molar-refractivity contribution in [2.75, 3.05) is 11.9 Å². The van der Waals surface area contributed by atoms with E-state index in [0.717, 1.165) is 32.1 Å². The molecule has 1 aromatic heterocycles. The minimum Gasteiger partial charge on any atom is -0.365 e. The summed E-state index contributed by atoms with van der Waals surface area (Å²) in [5.41, 5.74) is 5.40. The maximum Gasteiger partial charge on any atom is 0.315 e. The van der Waals surface area contributed by atoms with E-state index in [1.54, 1.807) is 11.0 Å². The highest BCUT2D eigenvalue weighted by atomic mass is 16.2. The van der Waals surface area contributed by atoms with E-state index in [2.05, 4.69) is 10.3 Å². The lowest BCUT2D eigenvalue weighted by Crippen LogP contribution is -2.51. The lowest BCUT2D eigenvalue weighted by atomic mass is 9.80. The topological polar surface area (TPSA) is 105 Å².